The molecule has 1 unspecified atom stereocenters. The van der Waals surface area contributed by atoms with Crippen LogP contribution in [0.3, 0.4) is 0 Å². The number of hydrogen-bond donors (Lipinski definition) is 0. The predicted molar refractivity (Wildman–Crippen MR) is 155 cm³/mol. The van der Waals surface area contributed by atoms with E-state index in [1.807, 2.05) is 18.5 Å². The first-order chi connectivity index (χ1) is 18.8. The van der Waals surface area contributed by atoms with Crippen molar-refractivity contribution < 1.29 is 9.53 Å². The summed E-state index contributed by atoms with van der Waals surface area (Å²) in [5, 5.41) is 0. The van der Waals surface area contributed by atoms with Gasteiger partial charge in [-0.3, -0.25) is 9.78 Å². The summed E-state index contributed by atoms with van der Waals surface area (Å²) < 4.78 is 7.54. The van der Waals surface area contributed by atoms with Gasteiger partial charge in [0.25, 0.3) is 0 Å². The molecule has 0 N–H and O–H groups in total. The van der Waals surface area contributed by atoms with Crippen LogP contribution in [0.4, 0.5) is 0 Å². The van der Waals surface area contributed by atoms with Crippen LogP contribution in [0.25, 0.3) is 22.3 Å². The first-order valence-corrected chi connectivity index (χ1v) is 13.8. The monoisotopic (exact) mass is 518 g/mol. The number of rotatable bonds is 6. The van der Waals surface area contributed by atoms with E-state index in [0.717, 1.165) is 41.8 Å². The normalized spacial score (nSPS) is 17.5. The first-order valence-electron chi connectivity index (χ1n) is 13.8. The van der Waals surface area contributed by atoms with Gasteiger partial charge in [-0.1, -0.05) is 30.3 Å². The third kappa shape index (κ3) is 4.71. The first kappa shape index (κ1) is 25.3. The second-order valence-corrected chi connectivity index (χ2v) is 11.3. The van der Waals surface area contributed by atoms with Crippen molar-refractivity contribution >= 4 is 5.78 Å². The van der Waals surface area contributed by atoms with Crippen molar-refractivity contribution in [3.8, 4) is 28.0 Å². The van der Waals surface area contributed by atoms with E-state index in [9.17, 15) is 9.59 Å². The number of hydrogen-bond acceptors (Lipinski definition) is 4. The highest BCUT2D eigenvalue weighted by atomic mass is 16.5. The molecule has 2 aromatic carbocycles. The number of fused-ring (bicyclic) bond motifs is 2. The van der Waals surface area contributed by atoms with Gasteiger partial charge in [0.2, 0.25) is 5.56 Å². The Morgan fingerprint density at radius 1 is 1.05 bits per heavy atom. The number of benzene rings is 2. The maximum Gasteiger partial charge on any atom is 0.250 e. The number of carbonyl (C=O) groups is 1. The smallest absolute Gasteiger partial charge is 0.250 e. The van der Waals surface area contributed by atoms with Crippen LogP contribution in [0.5, 0.6) is 5.75 Å². The number of aryl methyl sites for hydroxylation is 3. The molecule has 0 spiro atoms. The minimum Gasteiger partial charge on any atom is -0.491 e. The van der Waals surface area contributed by atoms with Gasteiger partial charge in [-0.05, 0) is 108 Å². The van der Waals surface area contributed by atoms with E-state index in [1.54, 1.807) is 24.6 Å². The van der Waals surface area contributed by atoms with Crippen molar-refractivity contribution in [3.05, 3.63) is 105 Å². The van der Waals surface area contributed by atoms with Gasteiger partial charge in [0.1, 0.15) is 11.5 Å². The number of ether oxygens (including phenoxy) is 1. The number of carbonyl (C=O) groups excluding carboxylic acids is 1. The molecular weight excluding hydrogens is 484 g/mol. The van der Waals surface area contributed by atoms with E-state index >= 15 is 0 Å². The van der Waals surface area contributed by atoms with E-state index < -0.39 is 0 Å². The van der Waals surface area contributed by atoms with Crippen LogP contribution >= 0.6 is 0 Å². The molecule has 0 fully saturated rings. The third-order valence-corrected chi connectivity index (χ3v) is 8.40. The highest BCUT2D eigenvalue weighted by Crippen LogP contribution is 2.43. The van der Waals surface area contributed by atoms with Gasteiger partial charge in [0.05, 0.1) is 12.3 Å². The molecule has 2 atom stereocenters. The molecule has 0 radical (unpaired) electrons. The SMILES string of the molecule is CC(=O)CC1COc2cc(C[C@@H]3CCc4c(-c5c(C)cc(-c6ccc(=O)n(C)c6)cc5C)cccc43)cnc21. The van der Waals surface area contributed by atoms with Crippen LogP contribution in [-0.4, -0.2) is 21.9 Å². The van der Waals surface area contributed by atoms with Crippen molar-refractivity contribution in [2.45, 2.75) is 58.3 Å². The number of pyridine rings is 2. The summed E-state index contributed by atoms with van der Waals surface area (Å²) in [6.07, 6.45) is 7.49. The molecule has 1 aliphatic carbocycles. The summed E-state index contributed by atoms with van der Waals surface area (Å²) in [5.74, 6) is 1.54. The molecule has 2 aliphatic rings. The summed E-state index contributed by atoms with van der Waals surface area (Å²) in [6.45, 7) is 6.55. The Morgan fingerprint density at radius 2 is 1.85 bits per heavy atom. The van der Waals surface area contributed by atoms with Crippen molar-refractivity contribution in [3.63, 3.8) is 0 Å². The van der Waals surface area contributed by atoms with Crippen LogP contribution < -0.4 is 10.3 Å². The Kier molecular flexibility index (Phi) is 6.46. The third-order valence-electron chi connectivity index (χ3n) is 8.40. The minimum absolute atomic E-state index is 0.00131. The highest BCUT2D eigenvalue weighted by Gasteiger charge is 2.29. The van der Waals surface area contributed by atoms with E-state index in [4.69, 9.17) is 9.72 Å². The Hall–Kier alpha value is -3.99. The van der Waals surface area contributed by atoms with Gasteiger partial charge in [-0.15, -0.1) is 0 Å². The number of Topliss-reactive ketones (excluding diaryl/α,β-unsaturated/α-hetero) is 1. The molecule has 0 amide bonds. The molecule has 39 heavy (non-hydrogen) atoms. The maximum absolute atomic E-state index is 11.9. The van der Waals surface area contributed by atoms with Gasteiger partial charge >= 0.3 is 0 Å². The lowest BCUT2D eigenvalue weighted by Crippen LogP contribution is -2.13. The summed E-state index contributed by atoms with van der Waals surface area (Å²) >= 11 is 0. The summed E-state index contributed by atoms with van der Waals surface area (Å²) in [6, 6.07) is 16.9. The minimum atomic E-state index is -0.00131. The van der Waals surface area contributed by atoms with E-state index in [1.165, 1.54) is 38.9 Å². The molecule has 4 aromatic rings. The summed E-state index contributed by atoms with van der Waals surface area (Å²) in [5.41, 5.74) is 12.3. The molecule has 0 saturated heterocycles. The van der Waals surface area contributed by atoms with Crippen LogP contribution in [0.2, 0.25) is 0 Å². The van der Waals surface area contributed by atoms with Gasteiger partial charge in [0.15, 0.2) is 0 Å². The molecular formula is C34H34N2O3. The fourth-order valence-corrected chi connectivity index (χ4v) is 6.59. The molecule has 0 saturated carbocycles. The average molecular weight is 519 g/mol. The lowest BCUT2D eigenvalue weighted by molar-refractivity contribution is -0.117. The van der Waals surface area contributed by atoms with Gasteiger partial charge in [-0.25, -0.2) is 0 Å². The zero-order chi connectivity index (χ0) is 27.3. The molecule has 5 heteroatoms. The van der Waals surface area contributed by atoms with Crippen LogP contribution in [0.15, 0.2) is 65.7 Å². The Bertz CT molecular complexity index is 1640. The number of aromatic nitrogens is 2. The van der Waals surface area contributed by atoms with Crippen molar-refractivity contribution in [1.82, 2.24) is 9.55 Å². The van der Waals surface area contributed by atoms with E-state index in [2.05, 4.69) is 50.2 Å². The quantitative estimate of drug-likeness (QED) is 0.294. The lowest BCUT2D eigenvalue weighted by atomic mass is 9.87. The zero-order valence-corrected chi connectivity index (χ0v) is 23.1. The van der Waals surface area contributed by atoms with Gasteiger partial charge in [0, 0.05) is 37.8 Å². The molecule has 3 heterocycles. The second-order valence-electron chi connectivity index (χ2n) is 11.3. The molecule has 5 nitrogen and oxygen atoms in total. The fraction of sp³-hybridized carbons (Fsp3) is 0.324. The number of nitrogens with zero attached hydrogens (tertiary/aromatic N) is 2. The largest absolute Gasteiger partial charge is 0.491 e. The maximum atomic E-state index is 11.9. The standard InChI is InChI=1S/C34H34N2O3/c1-20-12-26(25-9-11-32(38)36(4)18-25)13-21(2)33(20)30-7-5-6-28-24(8-10-29(28)30)15-23-16-31-34(35-17-23)27(19-39-31)14-22(3)37/h5-7,9,11-13,16-18,24,27H,8,10,14-15,19H2,1-4H3/t24-,27?/m0/s1. The Morgan fingerprint density at radius 3 is 2.59 bits per heavy atom. The molecule has 198 valence electrons. The Labute approximate surface area is 229 Å². The molecule has 2 aromatic heterocycles. The lowest BCUT2D eigenvalue weighted by Gasteiger charge is -2.18. The van der Waals surface area contributed by atoms with Crippen molar-refractivity contribution in [2.75, 3.05) is 6.61 Å². The predicted octanol–water partition coefficient (Wildman–Crippen LogP) is 6.46. The Balaban J connectivity index is 1.28. The van der Waals surface area contributed by atoms with E-state index in [-0.39, 0.29) is 17.3 Å². The second kappa shape index (κ2) is 9.96. The van der Waals surface area contributed by atoms with Gasteiger partial charge in [-0.2, -0.15) is 0 Å². The zero-order valence-electron chi connectivity index (χ0n) is 23.1. The van der Waals surface area contributed by atoms with Crippen molar-refractivity contribution in [2.24, 2.45) is 7.05 Å². The summed E-state index contributed by atoms with van der Waals surface area (Å²) in [4.78, 5) is 28.2. The molecule has 0 bridgehead atoms. The van der Waals surface area contributed by atoms with E-state index in [0.29, 0.717) is 18.9 Å². The average Bonchev–Trinajstić information content (AvgIpc) is 3.49. The number of ketones is 1. The topological polar surface area (TPSA) is 61.2 Å². The highest BCUT2D eigenvalue weighted by molar-refractivity contribution is 5.79. The molecule has 6 rings (SSSR count). The van der Waals surface area contributed by atoms with Crippen LogP contribution in [0, 0.1) is 13.8 Å². The molecule has 1 aliphatic heterocycles. The van der Waals surface area contributed by atoms with Crippen LogP contribution in [0.1, 0.15) is 65.1 Å². The van der Waals surface area contributed by atoms with Gasteiger partial charge < -0.3 is 14.1 Å². The summed E-state index contributed by atoms with van der Waals surface area (Å²) in [7, 11) is 1.79. The fourth-order valence-electron chi connectivity index (χ4n) is 6.59. The van der Waals surface area contributed by atoms with Crippen LogP contribution in [-0.2, 0) is 24.7 Å². The van der Waals surface area contributed by atoms with Crippen molar-refractivity contribution in [1.29, 1.82) is 0 Å².